The smallest absolute Gasteiger partial charge is 0.271 e. The molecular formula is C38H49N7O4. The minimum atomic E-state index is -0.812. The number of nitrogens with two attached hydrogens (primary N) is 1. The second-order valence-corrected chi connectivity index (χ2v) is 13.1. The molecule has 1 fully saturated rings. The van der Waals surface area contributed by atoms with Crippen molar-refractivity contribution in [3.8, 4) is 11.1 Å². The summed E-state index contributed by atoms with van der Waals surface area (Å²) in [6.45, 7) is 10.2. The number of anilines is 1. The SMILES string of the molecule is CCN(CC)CCNC(=O)c1ccc(-c2ccc(CC(NC(=O)C3CCC(CN)CC3)C(=O)Nc3ccc4c(=O)[nH][nH]c4c3)cc2)c(C)c1. The highest BCUT2D eigenvalue weighted by molar-refractivity contribution is 5.99. The Kier molecular flexibility index (Phi) is 12.0. The molecule has 0 aliphatic heterocycles. The first-order chi connectivity index (χ1) is 23.7. The van der Waals surface area contributed by atoms with Gasteiger partial charge in [0.05, 0.1) is 10.9 Å². The summed E-state index contributed by atoms with van der Waals surface area (Å²) in [6.07, 6.45) is 3.62. The third-order valence-electron chi connectivity index (χ3n) is 9.83. The number of H-pyrrole nitrogens is 2. The molecule has 11 nitrogen and oxygen atoms in total. The van der Waals surface area contributed by atoms with Crippen molar-refractivity contribution in [1.29, 1.82) is 0 Å². The van der Waals surface area contributed by atoms with Crippen LogP contribution in [0.15, 0.2) is 65.5 Å². The molecule has 1 aromatic heterocycles. The van der Waals surface area contributed by atoms with E-state index in [2.05, 4.69) is 44.9 Å². The number of nitrogens with zero attached hydrogens (tertiary/aromatic N) is 1. The number of rotatable bonds is 14. The van der Waals surface area contributed by atoms with E-state index in [9.17, 15) is 19.2 Å². The van der Waals surface area contributed by atoms with Gasteiger partial charge in [-0.15, -0.1) is 0 Å². The summed E-state index contributed by atoms with van der Waals surface area (Å²) in [4.78, 5) is 54.0. The lowest BCUT2D eigenvalue weighted by Crippen LogP contribution is -2.48. The summed E-state index contributed by atoms with van der Waals surface area (Å²) < 4.78 is 0. The Balaban J connectivity index is 1.28. The van der Waals surface area contributed by atoms with Crippen LogP contribution in [0.5, 0.6) is 0 Å². The Morgan fingerprint density at radius 3 is 2.35 bits per heavy atom. The summed E-state index contributed by atoms with van der Waals surface area (Å²) in [6, 6.07) is 17.9. The molecule has 1 unspecified atom stereocenters. The van der Waals surface area contributed by atoms with Gasteiger partial charge in [0.2, 0.25) is 11.8 Å². The normalized spacial score (nSPS) is 16.8. The lowest BCUT2D eigenvalue weighted by molar-refractivity contribution is -0.130. The second-order valence-electron chi connectivity index (χ2n) is 13.1. The summed E-state index contributed by atoms with van der Waals surface area (Å²) in [5.41, 5.74) is 11.2. The van der Waals surface area contributed by atoms with Crippen molar-refractivity contribution in [3.05, 3.63) is 87.7 Å². The summed E-state index contributed by atoms with van der Waals surface area (Å²) in [7, 11) is 0. The lowest BCUT2D eigenvalue weighted by Gasteiger charge is -2.28. The molecule has 0 radical (unpaired) electrons. The zero-order valence-electron chi connectivity index (χ0n) is 28.7. The Morgan fingerprint density at radius 1 is 0.939 bits per heavy atom. The number of fused-ring (bicyclic) bond motifs is 1. The highest BCUT2D eigenvalue weighted by atomic mass is 16.2. The van der Waals surface area contributed by atoms with Crippen LogP contribution in [0.25, 0.3) is 22.0 Å². The zero-order chi connectivity index (χ0) is 34.9. The number of carbonyl (C=O) groups excluding carboxylic acids is 3. The molecule has 5 rings (SSSR count). The molecule has 3 amide bonds. The average molecular weight is 668 g/mol. The first-order valence-electron chi connectivity index (χ1n) is 17.4. The second kappa shape index (κ2) is 16.6. The average Bonchev–Trinajstić information content (AvgIpc) is 3.49. The molecule has 1 atom stereocenters. The van der Waals surface area contributed by atoms with Gasteiger partial charge in [-0.2, -0.15) is 0 Å². The van der Waals surface area contributed by atoms with E-state index in [-0.39, 0.29) is 29.2 Å². The van der Waals surface area contributed by atoms with Crippen LogP contribution in [0.3, 0.4) is 0 Å². The Hall–Kier alpha value is -4.74. The molecule has 7 N–H and O–H groups in total. The molecular weight excluding hydrogens is 618 g/mol. The van der Waals surface area contributed by atoms with Crippen LogP contribution >= 0.6 is 0 Å². The standard InChI is InChI=1S/C38H49N7O4/c1-4-45(5-2)19-18-40-35(46)29-14-16-31(24(3)20-29)27-10-6-25(7-11-27)21-34(42-36(47)28-12-8-26(23-39)9-13-28)38(49)41-30-15-17-32-33(22-30)43-44-37(32)48/h6-7,10-11,14-17,20,22,26,28,34H,4-5,8-9,12-13,18-19,21,23,39H2,1-3H3,(H,40,46)(H,41,49)(H,42,47)(H2,43,44,48). The molecule has 1 saturated carbocycles. The van der Waals surface area contributed by atoms with Gasteiger partial charge in [-0.05, 0) is 111 Å². The molecule has 1 heterocycles. The van der Waals surface area contributed by atoms with Gasteiger partial charge in [0.15, 0.2) is 0 Å². The Bertz CT molecular complexity index is 1800. The molecule has 49 heavy (non-hydrogen) atoms. The van der Waals surface area contributed by atoms with Crippen LogP contribution in [0, 0.1) is 18.8 Å². The van der Waals surface area contributed by atoms with Crippen molar-refractivity contribution in [2.45, 2.75) is 58.9 Å². The molecule has 1 aliphatic carbocycles. The highest BCUT2D eigenvalue weighted by Crippen LogP contribution is 2.29. The fourth-order valence-electron chi connectivity index (χ4n) is 6.66. The quantitative estimate of drug-likeness (QED) is 0.117. The predicted octanol–water partition coefficient (Wildman–Crippen LogP) is 4.33. The summed E-state index contributed by atoms with van der Waals surface area (Å²) in [5.74, 6) is -0.261. The van der Waals surface area contributed by atoms with Gasteiger partial charge in [0.1, 0.15) is 6.04 Å². The van der Waals surface area contributed by atoms with Crippen LogP contribution < -0.4 is 27.2 Å². The topological polar surface area (TPSA) is 165 Å². The number of aryl methyl sites for hydroxylation is 1. The Morgan fingerprint density at radius 2 is 1.67 bits per heavy atom. The number of benzene rings is 3. The number of aromatic nitrogens is 2. The zero-order valence-corrected chi connectivity index (χ0v) is 28.7. The van der Waals surface area contributed by atoms with E-state index in [0.29, 0.717) is 47.6 Å². The monoisotopic (exact) mass is 667 g/mol. The maximum atomic E-state index is 13.7. The van der Waals surface area contributed by atoms with E-state index in [1.807, 2.05) is 49.4 Å². The van der Waals surface area contributed by atoms with Crippen molar-refractivity contribution in [2.24, 2.45) is 17.6 Å². The third-order valence-corrected chi connectivity index (χ3v) is 9.83. The number of hydrogen-bond donors (Lipinski definition) is 6. The van der Waals surface area contributed by atoms with E-state index >= 15 is 0 Å². The summed E-state index contributed by atoms with van der Waals surface area (Å²) >= 11 is 0. The van der Waals surface area contributed by atoms with Crippen LogP contribution in [0.1, 0.15) is 61.0 Å². The number of hydrogen-bond acceptors (Lipinski definition) is 6. The van der Waals surface area contributed by atoms with Gasteiger partial charge in [0.25, 0.3) is 11.5 Å². The minimum Gasteiger partial charge on any atom is -0.351 e. The van der Waals surface area contributed by atoms with Crippen LogP contribution in [0.2, 0.25) is 0 Å². The molecule has 1 aliphatic rings. The molecule has 3 aromatic carbocycles. The first-order valence-corrected chi connectivity index (χ1v) is 17.4. The van der Waals surface area contributed by atoms with Gasteiger partial charge in [-0.1, -0.05) is 44.2 Å². The highest BCUT2D eigenvalue weighted by Gasteiger charge is 2.29. The van der Waals surface area contributed by atoms with Gasteiger partial charge in [-0.3, -0.25) is 29.4 Å². The van der Waals surface area contributed by atoms with Gasteiger partial charge < -0.3 is 26.6 Å². The van der Waals surface area contributed by atoms with E-state index < -0.39 is 6.04 Å². The molecule has 4 aromatic rings. The molecule has 0 spiro atoms. The number of amides is 3. The molecule has 0 bridgehead atoms. The van der Waals surface area contributed by atoms with Crippen molar-refractivity contribution >= 4 is 34.3 Å². The van der Waals surface area contributed by atoms with Crippen molar-refractivity contribution in [1.82, 2.24) is 25.7 Å². The molecule has 11 heteroatoms. The largest absolute Gasteiger partial charge is 0.351 e. The van der Waals surface area contributed by atoms with Crippen molar-refractivity contribution in [2.75, 3.05) is 38.0 Å². The fourth-order valence-corrected chi connectivity index (χ4v) is 6.66. The molecule has 0 saturated heterocycles. The number of carbonyl (C=O) groups is 3. The van der Waals surface area contributed by atoms with E-state index in [1.165, 1.54) is 0 Å². The minimum absolute atomic E-state index is 0.0859. The maximum Gasteiger partial charge on any atom is 0.271 e. The first kappa shape index (κ1) is 35.6. The van der Waals surface area contributed by atoms with E-state index in [1.54, 1.807) is 18.2 Å². The van der Waals surface area contributed by atoms with Crippen LogP contribution in [0.4, 0.5) is 5.69 Å². The van der Waals surface area contributed by atoms with Gasteiger partial charge >= 0.3 is 0 Å². The summed E-state index contributed by atoms with van der Waals surface area (Å²) in [5, 5.41) is 14.8. The molecule has 260 valence electrons. The lowest BCUT2D eigenvalue weighted by atomic mass is 9.81. The van der Waals surface area contributed by atoms with Crippen LogP contribution in [-0.2, 0) is 16.0 Å². The van der Waals surface area contributed by atoms with E-state index in [4.69, 9.17) is 5.73 Å². The number of nitrogens with one attached hydrogen (secondary N) is 5. The Labute approximate surface area is 287 Å². The predicted molar refractivity (Wildman–Crippen MR) is 194 cm³/mol. The van der Waals surface area contributed by atoms with E-state index in [0.717, 1.165) is 67.6 Å². The van der Waals surface area contributed by atoms with Gasteiger partial charge in [0, 0.05) is 36.7 Å². The number of aromatic amines is 2. The third kappa shape index (κ3) is 9.04. The number of likely N-dealkylation sites (N-methyl/N-ethyl adjacent to an activating group) is 1. The van der Waals surface area contributed by atoms with Crippen LogP contribution in [-0.4, -0.2) is 71.6 Å². The van der Waals surface area contributed by atoms with Crippen molar-refractivity contribution in [3.63, 3.8) is 0 Å². The maximum absolute atomic E-state index is 13.7. The van der Waals surface area contributed by atoms with Crippen molar-refractivity contribution < 1.29 is 14.4 Å². The fraction of sp³-hybridized carbons (Fsp3) is 0.421. The van der Waals surface area contributed by atoms with Gasteiger partial charge in [-0.25, -0.2) is 0 Å².